The summed E-state index contributed by atoms with van der Waals surface area (Å²) in [6, 6.07) is 0. The van der Waals surface area contributed by atoms with E-state index in [2.05, 4.69) is 18.7 Å². The number of hydrogen-bond donors (Lipinski definition) is 1. The number of nitrogens with zero attached hydrogens (tertiary/aromatic N) is 1. The van der Waals surface area contributed by atoms with Crippen molar-refractivity contribution in [3.05, 3.63) is 0 Å². The molecule has 0 saturated heterocycles. The monoisotopic (exact) mass is 250 g/mol. The average molecular weight is 250 g/mol. The van der Waals surface area contributed by atoms with Gasteiger partial charge in [-0.15, -0.1) is 0 Å². The van der Waals surface area contributed by atoms with Gasteiger partial charge in [0.25, 0.3) is 0 Å². The summed E-state index contributed by atoms with van der Waals surface area (Å²) in [6.07, 6.45) is 0.702. The van der Waals surface area contributed by atoms with Gasteiger partial charge in [0.05, 0.1) is 5.75 Å². The van der Waals surface area contributed by atoms with Crippen LogP contribution in [-0.2, 0) is 9.84 Å². The van der Waals surface area contributed by atoms with E-state index in [0.717, 1.165) is 13.1 Å². The molecule has 0 unspecified atom stereocenters. The van der Waals surface area contributed by atoms with Crippen LogP contribution in [0.1, 0.15) is 27.2 Å². The molecule has 0 radical (unpaired) electrons. The van der Waals surface area contributed by atoms with Crippen LogP contribution in [0, 0.1) is 5.41 Å². The van der Waals surface area contributed by atoms with Crippen molar-refractivity contribution in [2.45, 2.75) is 27.2 Å². The Labute approximate surface area is 100 Å². The molecule has 98 valence electrons. The Morgan fingerprint density at radius 3 is 2.31 bits per heavy atom. The van der Waals surface area contributed by atoms with E-state index in [4.69, 9.17) is 5.73 Å². The van der Waals surface area contributed by atoms with Gasteiger partial charge in [0, 0.05) is 12.3 Å². The van der Waals surface area contributed by atoms with Crippen molar-refractivity contribution in [3.8, 4) is 0 Å². The highest BCUT2D eigenvalue weighted by atomic mass is 32.2. The fourth-order valence-electron chi connectivity index (χ4n) is 1.57. The fraction of sp³-hybridized carbons (Fsp3) is 1.00. The first-order valence-corrected chi connectivity index (χ1v) is 7.63. The summed E-state index contributed by atoms with van der Waals surface area (Å²) in [4.78, 5) is 2.15. The summed E-state index contributed by atoms with van der Waals surface area (Å²) in [5.74, 6) is 0.530. The molecule has 0 aromatic heterocycles. The lowest BCUT2D eigenvalue weighted by Crippen LogP contribution is -2.37. The van der Waals surface area contributed by atoms with E-state index in [1.165, 1.54) is 0 Å². The Bertz CT molecular complexity index is 286. The molecule has 2 N–H and O–H groups in total. The molecule has 0 saturated carbocycles. The number of sulfone groups is 1. The standard InChI is InChI=1S/C11H26N2O2S/c1-5-16(14,15)8-6-7-13(4)10-11(2,3)9-12/h5-10,12H2,1-4H3. The molecule has 0 bridgehead atoms. The summed E-state index contributed by atoms with van der Waals surface area (Å²) >= 11 is 0. The van der Waals surface area contributed by atoms with Crippen LogP contribution in [0.4, 0.5) is 0 Å². The van der Waals surface area contributed by atoms with E-state index in [1.807, 2.05) is 7.05 Å². The molecule has 0 aliphatic carbocycles. The zero-order valence-electron chi connectivity index (χ0n) is 11.0. The van der Waals surface area contributed by atoms with E-state index in [1.54, 1.807) is 6.92 Å². The third-order valence-corrected chi connectivity index (χ3v) is 4.48. The topological polar surface area (TPSA) is 63.4 Å². The van der Waals surface area contributed by atoms with Gasteiger partial charge in [0.15, 0.2) is 0 Å². The highest BCUT2D eigenvalue weighted by Crippen LogP contribution is 2.13. The van der Waals surface area contributed by atoms with Crippen LogP contribution in [0.15, 0.2) is 0 Å². The second-order valence-corrected chi connectivity index (χ2v) is 7.67. The molecule has 0 atom stereocenters. The van der Waals surface area contributed by atoms with Gasteiger partial charge >= 0.3 is 0 Å². The minimum Gasteiger partial charge on any atom is -0.330 e. The first-order valence-electron chi connectivity index (χ1n) is 5.81. The first-order chi connectivity index (χ1) is 7.22. The minimum atomic E-state index is -2.82. The molecule has 5 heteroatoms. The lowest BCUT2D eigenvalue weighted by molar-refractivity contribution is 0.216. The Kier molecular flexibility index (Phi) is 6.51. The maximum absolute atomic E-state index is 11.3. The van der Waals surface area contributed by atoms with Gasteiger partial charge in [-0.3, -0.25) is 0 Å². The zero-order valence-corrected chi connectivity index (χ0v) is 11.8. The van der Waals surface area contributed by atoms with Crippen LogP contribution in [0.5, 0.6) is 0 Å². The molecule has 0 fully saturated rings. The molecule has 0 aromatic rings. The number of rotatable bonds is 8. The van der Waals surface area contributed by atoms with Gasteiger partial charge < -0.3 is 10.6 Å². The molecule has 0 amide bonds. The normalized spacial score (nSPS) is 13.4. The Morgan fingerprint density at radius 2 is 1.88 bits per heavy atom. The number of nitrogens with two attached hydrogens (primary N) is 1. The van der Waals surface area contributed by atoms with Crippen LogP contribution >= 0.6 is 0 Å². The summed E-state index contributed by atoms with van der Waals surface area (Å²) in [6.45, 7) is 8.28. The van der Waals surface area contributed by atoms with Crippen molar-refractivity contribution < 1.29 is 8.42 Å². The van der Waals surface area contributed by atoms with Crippen LogP contribution in [-0.4, -0.2) is 51.5 Å². The Morgan fingerprint density at radius 1 is 1.31 bits per heavy atom. The van der Waals surface area contributed by atoms with E-state index in [0.29, 0.717) is 13.0 Å². The SMILES string of the molecule is CCS(=O)(=O)CCCN(C)CC(C)(C)CN. The maximum Gasteiger partial charge on any atom is 0.150 e. The van der Waals surface area contributed by atoms with Crippen molar-refractivity contribution in [3.63, 3.8) is 0 Å². The lowest BCUT2D eigenvalue weighted by atomic mass is 9.93. The molecule has 0 heterocycles. The smallest absolute Gasteiger partial charge is 0.150 e. The molecular weight excluding hydrogens is 224 g/mol. The predicted molar refractivity (Wildman–Crippen MR) is 69.3 cm³/mol. The minimum absolute atomic E-state index is 0.0956. The van der Waals surface area contributed by atoms with E-state index < -0.39 is 9.84 Å². The highest BCUT2D eigenvalue weighted by molar-refractivity contribution is 7.91. The molecule has 0 aliphatic rings. The molecule has 0 spiro atoms. The third-order valence-electron chi connectivity index (χ3n) is 2.69. The van der Waals surface area contributed by atoms with Crippen molar-refractivity contribution in [2.75, 3.05) is 38.2 Å². The fourth-order valence-corrected chi connectivity index (χ4v) is 2.43. The second-order valence-electron chi connectivity index (χ2n) is 5.20. The van der Waals surface area contributed by atoms with Gasteiger partial charge in [0.2, 0.25) is 0 Å². The molecule has 0 rings (SSSR count). The maximum atomic E-state index is 11.3. The molecule has 4 nitrogen and oxygen atoms in total. The summed E-state index contributed by atoms with van der Waals surface area (Å²) in [7, 11) is -0.806. The van der Waals surface area contributed by atoms with Crippen molar-refractivity contribution in [1.82, 2.24) is 4.90 Å². The van der Waals surface area contributed by atoms with Gasteiger partial charge in [0.1, 0.15) is 9.84 Å². The van der Waals surface area contributed by atoms with E-state index >= 15 is 0 Å². The van der Waals surface area contributed by atoms with Crippen LogP contribution < -0.4 is 5.73 Å². The quantitative estimate of drug-likeness (QED) is 0.690. The molecule has 16 heavy (non-hydrogen) atoms. The largest absolute Gasteiger partial charge is 0.330 e. The Hall–Kier alpha value is -0.130. The molecule has 0 aliphatic heterocycles. The summed E-state index contributed by atoms with van der Waals surface area (Å²) in [5, 5.41) is 0. The molecule has 0 aromatic carbocycles. The van der Waals surface area contributed by atoms with E-state index in [-0.39, 0.29) is 16.9 Å². The van der Waals surface area contributed by atoms with Crippen molar-refractivity contribution in [1.29, 1.82) is 0 Å². The van der Waals surface area contributed by atoms with Gasteiger partial charge in [-0.2, -0.15) is 0 Å². The van der Waals surface area contributed by atoms with Gasteiger partial charge in [-0.25, -0.2) is 8.42 Å². The van der Waals surface area contributed by atoms with Crippen LogP contribution in [0.25, 0.3) is 0 Å². The first kappa shape index (κ1) is 15.9. The lowest BCUT2D eigenvalue weighted by Gasteiger charge is -2.28. The van der Waals surface area contributed by atoms with Gasteiger partial charge in [-0.1, -0.05) is 20.8 Å². The summed E-state index contributed by atoms with van der Waals surface area (Å²) in [5.41, 5.74) is 5.75. The Balaban J connectivity index is 3.87. The van der Waals surface area contributed by atoms with Crippen molar-refractivity contribution >= 4 is 9.84 Å². The predicted octanol–water partition coefficient (Wildman–Crippen LogP) is 0.728. The molecular formula is C11H26N2O2S. The van der Waals surface area contributed by atoms with E-state index in [9.17, 15) is 8.42 Å². The zero-order chi connectivity index (χ0) is 12.8. The van der Waals surface area contributed by atoms with Gasteiger partial charge in [-0.05, 0) is 32.0 Å². The average Bonchev–Trinajstić information content (AvgIpc) is 2.17. The second kappa shape index (κ2) is 6.57. The van der Waals surface area contributed by atoms with Crippen molar-refractivity contribution in [2.24, 2.45) is 11.1 Å². The van der Waals surface area contributed by atoms with Crippen LogP contribution in [0.2, 0.25) is 0 Å². The van der Waals surface area contributed by atoms with Crippen LogP contribution in [0.3, 0.4) is 0 Å². The summed E-state index contributed by atoms with van der Waals surface area (Å²) < 4.78 is 22.6. The highest BCUT2D eigenvalue weighted by Gasteiger charge is 2.18. The third kappa shape index (κ3) is 7.19. The number of hydrogen-bond acceptors (Lipinski definition) is 4.